The lowest BCUT2D eigenvalue weighted by atomic mass is 10.1. The maximum Gasteiger partial charge on any atom is 0.406 e. The standard InChI is InChI=1S/C19H19F3N4O3/c1-24(11-15-23-8-10-25(15)12-19(20,21)22)16(27)7-4-9-26-17(28)13-5-2-3-6-14(13)18(26)29/h2-3,5-6,8,10H,4,7,9,11-12H2,1H3. The van der Waals surface area contributed by atoms with Crippen LogP contribution in [0.3, 0.4) is 0 Å². The lowest BCUT2D eigenvalue weighted by Gasteiger charge is -2.19. The molecule has 0 aliphatic carbocycles. The smallest absolute Gasteiger partial charge is 0.338 e. The minimum absolute atomic E-state index is 0.0455. The van der Waals surface area contributed by atoms with E-state index in [0.29, 0.717) is 11.1 Å². The Bertz CT molecular complexity index is 904. The first kappa shape index (κ1) is 20.6. The second-order valence-electron chi connectivity index (χ2n) is 6.75. The normalized spacial score (nSPS) is 13.7. The Morgan fingerprint density at radius 2 is 1.76 bits per heavy atom. The molecular formula is C19H19F3N4O3. The second kappa shape index (κ2) is 8.06. The zero-order valence-electron chi connectivity index (χ0n) is 15.6. The van der Waals surface area contributed by atoms with Crippen molar-refractivity contribution in [3.63, 3.8) is 0 Å². The van der Waals surface area contributed by atoms with Gasteiger partial charge in [0.25, 0.3) is 11.8 Å². The number of imidazole rings is 1. The molecule has 1 aliphatic rings. The molecule has 0 atom stereocenters. The maximum atomic E-state index is 12.6. The van der Waals surface area contributed by atoms with Gasteiger partial charge in [0.2, 0.25) is 5.91 Å². The van der Waals surface area contributed by atoms with Crippen molar-refractivity contribution >= 4 is 17.7 Å². The van der Waals surface area contributed by atoms with Crippen LogP contribution in [0.1, 0.15) is 39.4 Å². The molecule has 3 amide bonds. The van der Waals surface area contributed by atoms with Crippen molar-refractivity contribution in [3.05, 3.63) is 53.6 Å². The summed E-state index contributed by atoms with van der Waals surface area (Å²) in [5, 5.41) is 0. The molecule has 0 spiro atoms. The van der Waals surface area contributed by atoms with Gasteiger partial charge in [0.15, 0.2) is 0 Å². The van der Waals surface area contributed by atoms with E-state index in [4.69, 9.17) is 0 Å². The average molecular weight is 408 g/mol. The lowest BCUT2D eigenvalue weighted by Crippen LogP contribution is -2.32. The molecule has 0 unspecified atom stereocenters. The summed E-state index contributed by atoms with van der Waals surface area (Å²) >= 11 is 0. The summed E-state index contributed by atoms with van der Waals surface area (Å²) in [7, 11) is 1.47. The van der Waals surface area contributed by atoms with Crippen LogP contribution in [0, 0.1) is 0 Å². The summed E-state index contributed by atoms with van der Waals surface area (Å²) < 4.78 is 38.7. The number of hydrogen-bond donors (Lipinski definition) is 0. The van der Waals surface area contributed by atoms with Crippen LogP contribution in [0.5, 0.6) is 0 Å². The van der Waals surface area contributed by atoms with Crippen LogP contribution in [0.4, 0.5) is 13.2 Å². The molecule has 3 rings (SSSR count). The fourth-order valence-electron chi connectivity index (χ4n) is 3.15. The van der Waals surface area contributed by atoms with Crippen LogP contribution in [0.2, 0.25) is 0 Å². The Morgan fingerprint density at radius 1 is 1.14 bits per heavy atom. The van der Waals surface area contributed by atoms with Gasteiger partial charge < -0.3 is 9.47 Å². The molecule has 0 fully saturated rings. The fourth-order valence-corrected chi connectivity index (χ4v) is 3.15. The summed E-state index contributed by atoms with van der Waals surface area (Å²) in [5.74, 6) is -0.970. The van der Waals surface area contributed by atoms with Crippen LogP contribution in [-0.4, -0.2) is 56.8 Å². The molecule has 1 aliphatic heterocycles. The van der Waals surface area contributed by atoms with Crippen molar-refractivity contribution in [2.75, 3.05) is 13.6 Å². The Hall–Kier alpha value is -3.17. The van der Waals surface area contributed by atoms with Gasteiger partial charge in [-0.1, -0.05) is 12.1 Å². The van der Waals surface area contributed by atoms with Gasteiger partial charge in [-0.05, 0) is 18.6 Å². The van der Waals surface area contributed by atoms with Crippen LogP contribution >= 0.6 is 0 Å². The zero-order valence-corrected chi connectivity index (χ0v) is 15.6. The SMILES string of the molecule is CN(Cc1nccn1CC(F)(F)F)C(=O)CCCN1C(=O)c2ccccc2C1=O. The fraction of sp³-hybridized carbons (Fsp3) is 0.368. The van der Waals surface area contributed by atoms with Gasteiger partial charge in [0, 0.05) is 32.4 Å². The van der Waals surface area contributed by atoms with Crippen LogP contribution in [0.15, 0.2) is 36.7 Å². The Balaban J connectivity index is 1.51. The Morgan fingerprint density at radius 3 is 2.34 bits per heavy atom. The number of carbonyl (C=O) groups excluding carboxylic acids is 3. The largest absolute Gasteiger partial charge is 0.406 e. The molecular weight excluding hydrogens is 389 g/mol. The minimum Gasteiger partial charge on any atom is -0.338 e. The van der Waals surface area contributed by atoms with E-state index < -0.39 is 12.7 Å². The second-order valence-corrected chi connectivity index (χ2v) is 6.75. The summed E-state index contributed by atoms with van der Waals surface area (Å²) in [6.45, 7) is -1.16. The van der Waals surface area contributed by atoms with E-state index >= 15 is 0 Å². The predicted molar refractivity (Wildman–Crippen MR) is 95.8 cm³/mol. The van der Waals surface area contributed by atoms with Gasteiger partial charge in [-0.3, -0.25) is 19.3 Å². The number of nitrogens with zero attached hydrogens (tertiary/aromatic N) is 4. The first-order chi connectivity index (χ1) is 13.7. The number of aromatic nitrogens is 2. The number of amides is 3. The Labute approximate surface area is 164 Å². The third-order valence-corrected chi connectivity index (χ3v) is 4.61. The van der Waals surface area contributed by atoms with Gasteiger partial charge in [0.05, 0.1) is 17.7 Å². The summed E-state index contributed by atoms with van der Waals surface area (Å²) in [4.78, 5) is 43.1. The van der Waals surface area contributed by atoms with Crippen molar-refractivity contribution in [2.45, 2.75) is 32.1 Å². The van der Waals surface area contributed by atoms with Crippen molar-refractivity contribution in [2.24, 2.45) is 0 Å². The van der Waals surface area contributed by atoms with Crippen LogP contribution in [-0.2, 0) is 17.9 Å². The van der Waals surface area contributed by atoms with Crippen molar-refractivity contribution < 1.29 is 27.6 Å². The molecule has 154 valence electrons. The van der Waals surface area contributed by atoms with E-state index in [0.717, 1.165) is 9.47 Å². The highest BCUT2D eigenvalue weighted by atomic mass is 19.4. The summed E-state index contributed by atoms with van der Waals surface area (Å²) in [5.41, 5.74) is 0.690. The summed E-state index contributed by atoms with van der Waals surface area (Å²) in [6, 6.07) is 6.51. The molecule has 2 heterocycles. The third kappa shape index (κ3) is 4.64. The number of carbonyl (C=O) groups is 3. The molecule has 0 radical (unpaired) electrons. The van der Waals surface area contributed by atoms with E-state index in [9.17, 15) is 27.6 Å². The minimum atomic E-state index is -4.38. The molecule has 0 saturated heterocycles. The number of benzene rings is 1. The van der Waals surface area contributed by atoms with Gasteiger partial charge in [-0.2, -0.15) is 13.2 Å². The molecule has 10 heteroatoms. The van der Waals surface area contributed by atoms with E-state index in [1.165, 1.54) is 24.3 Å². The molecule has 1 aromatic carbocycles. The van der Waals surface area contributed by atoms with Gasteiger partial charge in [0.1, 0.15) is 12.4 Å². The highest BCUT2D eigenvalue weighted by molar-refractivity contribution is 6.21. The highest BCUT2D eigenvalue weighted by Crippen LogP contribution is 2.23. The van der Waals surface area contributed by atoms with E-state index in [1.54, 1.807) is 24.3 Å². The first-order valence-electron chi connectivity index (χ1n) is 8.93. The summed E-state index contributed by atoms with van der Waals surface area (Å²) in [6.07, 6.45) is -1.62. The molecule has 0 N–H and O–H groups in total. The quantitative estimate of drug-likeness (QED) is 0.660. The average Bonchev–Trinajstić information content (AvgIpc) is 3.17. The number of halogens is 3. The lowest BCUT2D eigenvalue weighted by molar-refractivity contribution is -0.141. The van der Waals surface area contributed by atoms with Crippen molar-refractivity contribution in [1.29, 1.82) is 0 Å². The number of fused-ring (bicyclic) bond motifs is 1. The molecule has 29 heavy (non-hydrogen) atoms. The van der Waals surface area contributed by atoms with Crippen molar-refractivity contribution in [3.8, 4) is 0 Å². The van der Waals surface area contributed by atoms with Gasteiger partial charge >= 0.3 is 6.18 Å². The van der Waals surface area contributed by atoms with E-state index in [2.05, 4.69) is 4.98 Å². The van der Waals surface area contributed by atoms with E-state index in [1.807, 2.05) is 0 Å². The van der Waals surface area contributed by atoms with E-state index in [-0.39, 0.29) is 49.5 Å². The van der Waals surface area contributed by atoms with Crippen LogP contribution in [0.25, 0.3) is 0 Å². The monoisotopic (exact) mass is 408 g/mol. The number of alkyl halides is 3. The first-order valence-corrected chi connectivity index (χ1v) is 8.93. The highest BCUT2D eigenvalue weighted by Gasteiger charge is 2.34. The molecule has 0 bridgehead atoms. The molecule has 2 aromatic rings. The van der Waals surface area contributed by atoms with Crippen molar-refractivity contribution in [1.82, 2.24) is 19.4 Å². The van der Waals surface area contributed by atoms with Gasteiger partial charge in [-0.25, -0.2) is 4.98 Å². The van der Waals surface area contributed by atoms with Crippen LogP contribution < -0.4 is 0 Å². The maximum absolute atomic E-state index is 12.6. The predicted octanol–water partition coefficient (Wildman–Crippen LogP) is 2.48. The number of imide groups is 1. The topological polar surface area (TPSA) is 75.5 Å². The molecule has 7 nitrogen and oxygen atoms in total. The Kier molecular flexibility index (Phi) is 5.71. The van der Waals surface area contributed by atoms with Gasteiger partial charge in [-0.15, -0.1) is 0 Å². The molecule has 0 saturated carbocycles. The zero-order chi connectivity index (χ0) is 21.2. The number of hydrogen-bond acceptors (Lipinski definition) is 4. The molecule has 1 aromatic heterocycles. The number of rotatable bonds is 7. The third-order valence-electron chi connectivity index (χ3n) is 4.61.